The summed E-state index contributed by atoms with van der Waals surface area (Å²) in [5, 5.41) is 2.94. The lowest BCUT2D eigenvalue weighted by Crippen LogP contribution is -2.33. The zero-order valence-corrected chi connectivity index (χ0v) is 13.4. The first kappa shape index (κ1) is 15.3. The van der Waals surface area contributed by atoms with Gasteiger partial charge in [0.05, 0.1) is 0 Å². The maximum atomic E-state index is 12.6. The highest BCUT2D eigenvalue weighted by molar-refractivity contribution is 6.13. The summed E-state index contributed by atoms with van der Waals surface area (Å²) < 4.78 is 0. The molecule has 4 heteroatoms. The van der Waals surface area contributed by atoms with Gasteiger partial charge in [-0.25, -0.2) is 0 Å². The number of para-hydroxylation sites is 2. The Morgan fingerprint density at radius 3 is 2.35 bits per heavy atom. The van der Waals surface area contributed by atoms with Gasteiger partial charge in [0.25, 0.3) is 0 Å². The predicted octanol–water partition coefficient (Wildman–Crippen LogP) is 3.30. The van der Waals surface area contributed by atoms with Gasteiger partial charge in [-0.2, -0.15) is 0 Å². The number of anilines is 2. The van der Waals surface area contributed by atoms with Crippen molar-refractivity contribution in [2.24, 2.45) is 5.92 Å². The van der Waals surface area contributed by atoms with E-state index in [1.54, 1.807) is 4.90 Å². The molecule has 0 unspecified atom stereocenters. The second kappa shape index (κ2) is 6.24. The lowest BCUT2D eigenvalue weighted by Gasteiger charge is -2.17. The summed E-state index contributed by atoms with van der Waals surface area (Å²) in [6.45, 7) is 4.48. The normalized spacial score (nSPS) is 17.4. The minimum atomic E-state index is -0.616. The summed E-state index contributed by atoms with van der Waals surface area (Å²) in [5.41, 5.74) is 3.66. The average Bonchev–Trinajstić information content (AvgIpc) is 2.93. The molecule has 23 heavy (non-hydrogen) atoms. The zero-order valence-electron chi connectivity index (χ0n) is 13.4. The Hall–Kier alpha value is -2.62. The smallest absolute Gasteiger partial charge is 0.239 e. The van der Waals surface area contributed by atoms with E-state index in [0.29, 0.717) is 13.0 Å². The fourth-order valence-corrected chi connectivity index (χ4v) is 3.01. The molecule has 0 aliphatic carbocycles. The maximum Gasteiger partial charge on any atom is 0.239 e. The zero-order chi connectivity index (χ0) is 16.4. The van der Waals surface area contributed by atoms with Crippen LogP contribution >= 0.6 is 0 Å². The van der Waals surface area contributed by atoms with Gasteiger partial charge < -0.3 is 10.2 Å². The van der Waals surface area contributed by atoms with E-state index in [0.717, 1.165) is 22.5 Å². The molecule has 1 saturated heterocycles. The molecule has 118 valence electrons. The lowest BCUT2D eigenvalue weighted by molar-refractivity contribution is -0.129. The van der Waals surface area contributed by atoms with Crippen molar-refractivity contribution >= 4 is 23.2 Å². The fraction of sp³-hybridized carbons (Fsp3) is 0.263. The van der Waals surface area contributed by atoms with Crippen LogP contribution in [-0.4, -0.2) is 18.4 Å². The number of carbonyl (C=O) groups excluding carboxylic acids is 2. The number of hydrogen-bond acceptors (Lipinski definition) is 2. The van der Waals surface area contributed by atoms with Crippen LogP contribution in [0.25, 0.3) is 0 Å². The van der Waals surface area contributed by atoms with E-state index in [4.69, 9.17) is 0 Å². The van der Waals surface area contributed by atoms with Gasteiger partial charge in [-0.15, -0.1) is 0 Å². The van der Waals surface area contributed by atoms with E-state index < -0.39 is 5.92 Å². The topological polar surface area (TPSA) is 49.4 Å². The van der Waals surface area contributed by atoms with Crippen LogP contribution in [0, 0.1) is 19.8 Å². The van der Waals surface area contributed by atoms with Crippen molar-refractivity contribution in [1.82, 2.24) is 0 Å². The summed E-state index contributed by atoms with van der Waals surface area (Å²) >= 11 is 0. The molecule has 0 bridgehead atoms. The molecule has 2 aromatic rings. The molecule has 2 aromatic carbocycles. The Kier molecular flexibility index (Phi) is 4.15. The molecule has 1 atom stereocenters. The minimum absolute atomic E-state index is 0.125. The van der Waals surface area contributed by atoms with Crippen molar-refractivity contribution in [2.75, 3.05) is 16.8 Å². The van der Waals surface area contributed by atoms with Gasteiger partial charge in [0, 0.05) is 17.9 Å². The van der Waals surface area contributed by atoms with Crippen molar-refractivity contribution in [3.05, 3.63) is 59.7 Å². The molecule has 1 fully saturated rings. The van der Waals surface area contributed by atoms with Crippen LogP contribution in [0.3, 0.4) is 0 Å². The van der Waals surface area contributed by atoms with Crippen molar-refractivity contribution in [3.63, 3.8) is 0 Å². The molecule has 4 nitrogen and oxygen atoms in total. The van der Waals surface area contributed by atoms with Crippen LogP contribution in [0.4, 0.5) is 11.4 Å². The molecule has 3 rings (SSSR count). The number of benzene rings is 2. The quantitative estimate of drug-likeness (QED) is 0.885. The molecule has 1 heterocycles. The first-order valence-corrected chi connectivity index (χ1v) is 7.81. The summed E-state index contributed by atoms with van der Waals surface area (Å²) in [5.74, 6) is -0.958. The Morgan fingerprint density at radius 2 is 1.70 bits per heavy atom. The first-order chi connectivity index (χ1) is 11.1. The van der Waals surface area contributed by atoms with E-state index in [2.05, 4.69) is 5.32 Å². The predicted molar refractivity (Wildman–Crippen MR) is 91.4 cm³/mol. The molecule has 1 N–H and O–H groups in total. The van der Waals surface area contributed by atoms with Crippen LogP contribution in [-0.2, 0) is 9.59 Å². The van der Waals surface area contributed by atoms with E-state index in [1.807, 2.05) is 62.4 Å². The van der Waals surface area contributed by atoms with Crippen molar-refractivity contribution in [1.29, 1.82) is 0 Å². The van der Waals surface area contributed by atoms with Gasteiger partial charge in [0.2, 0.25) is 11.8 Å². The third-order valence-electron chi connectivity index (χ3n) is 4.32. The second-order valence-corrected chi connectivity index (χ2v) is 5.92. The first-order valence-electron chi connectivity index (χ1n) is 7.81. The average molecular weight is 308 g/mol. The van der Waals surface area contributed by atoms with E-state index in [9.17, 15) is 9.59 Å². The Labute approximate surface area is 136 Å². The van der Waals surface area contributed by atoms with Gasteiger partial charge >= 0.3 is 0 Å². The molecule has 1 aliphatic heterocycles. The SMILES string of the molecule is Cc1cccc(C)c1NC(=O)[C@H]1CCN(c2ccccc2)C1=O. The molecule has 2 amide bonds. The second-order valence-electron chi connectivity index (χ2n) is 5.92. The minimum Gasteiger partial charge on any atom is -0.325 e. The molecule has 0 radical (unpaired) electrons. The number of nitrogens with one attached hydrogen (secondary N) is 1. The number of carbonyl (C=O) groups is 2. The van der Waals surface area contributed by atoms with Gasteiger partial charge in [-0.05, 0) is 43.5 Å². The van der Waals surface area contributed by atoms with Gasteiger partial charge in [-0.1, -0.05) is 36.4 Å². The third kappa shape index (κ3) is 2.97. The van der Waals surface area contributed by atoms with E-state index >= 15 is 0 Å². The highest BCUT2D eigenvalue weighted by Crippen LogP contribution is 2.27. The number of aryl methyl sites for hydroxylation is 2. The Bertz CT molecular complexity index is 720. The number of amides is 2. The van der Waals surface area contributed by atoms with Crippen LogP contribution in [0.15, 0.2) is 48.5 Å². The Morgan fingerprint density at radius 1 is 1.04 bits per heavy atom. The van der Waals surface area contributed by atoms with E-state index in [-0.39, 0.29) is 11.8 Å². The summed E-state index contributed by atoms with van der Waals surface area (Å²) in [6, 6.07) is 15.4. The van der Waals surface area contributed by atoms with Crippen molar-refractivity contribution < 1.29 is 9.59 Å². The largest absolute Gasteiger partial charge is 0.325 e. The van der Waals surface area contributed by atoms with Crippen molar-refractivity contribution in [2.45, 2.75) is 20.3 Å². The summed E-state index contributed by atoms with van der Waals surface area (Å²) in [7, 11) is 0. The number of rotatable bonds is 3. The molecule has 0 saturated carbocycles. The van der Waals surface area contributed by atoms with Crippen molar-refractivity contribution in [3.8, 4) is 0 Å². The number of hydrogen-bond donors (Lipinski definition) is 1. The van der Waals surface area contributed by atoms with Gasteiger partial charge in [0.1, 0.15) is 5.92 Å². The molecular weight excluding hydrogens is 288 g/mol. The van der Waals surface area contributed by atoms with Crippen LogP contribution < -0.4 is 10.2 Å². The third-order valence-corrected chi connectivity index (χ3v) is 4.32. The van der Waals surface area contributed by atoms with Crippen LogP contribution in [0.2, 0.25) is 0 Å². The van der Waals surface area contributed by atoms with E-state index in [1.165, 1.54) is 0 Å². The highest BCUT2D eigenvalue weighted by Gasteiger charge is 2.37. The molecule has 0 spiro atoms. The van der Waals surface area contributed by atoms with Gasteiger partial charge in [0.15, 0.2) is 0 Å². The monoisotopic (exact) mass is 308 g/mol. The fourth-order valence-electron chi connectivity index (χ4n) is 3.01. The maximum absolute atomic E-state index is 12.6. The van der Waals surface area contributed by atoms with Crippen LogP contribution in [0.5, 0.6) is 0 Å². The summed E-state index contributed by atoms with van der Waals surface area (Å²) in [6.07, 6.45) is 0.546. The number of nitrogens with zero attached hydrogens (tertiary/aromatic N) is 1. The Balaban J connectivity index is 1.76. The molecule has 0 aromatic heterocycles. The standard InChI is InChI=1S/C19H20N2O2/c1-13-7-6-8-14(2)17(13)20-18(22)16-11-12-21(19(16)23)15-9-4-3-5-10-15/h3-10,16H,11-12H2,1-2H3,(H,20,22)/t16-/m1/s1. The summed E-state index contributed by atoms with van der Waals surface area (Å²) in [4.78, 5) is 26.8. The highest BCUT2D eigenvalue weighted by atomic mass is 16.2. The lowest BCUT2D eigenvalue weighted by atomic mass is 10.1. The van der Waals surface area contributed by atoms with Gasteiger partial charge in [-0.3, -0.25) is 9.59 Å². The molecular formula is C19H20N2O2. The van der Waals surface area contributed by atoms with Crippen LogP contribution in [0.1, 0.15) is 17.5 Å². The molecule has 1 aliphatic rings.